The predicted octanol–water partition coefficient (Wildman–Crippen LogP) is 2.92. The van der Waals surface area contributed by atoms with Crippen LogP contribution in [0.15, 0.2) is 42.1 Å². The van der Waals surface area contributed by atoms with E-state index in [-0.39, 0.29) is 0 Å². The number of rotatable bonds is 2. The van der Waals surface area contributed by atoms with Crippen LogP contribution in [0.4, 0.5) is 0 Å². The van der Waals surface area contributed by atoms with Gasteiger partial charge < -0.3 is 0 Å². The van der Waals surface area contributed by atoms with Crippen molar-refractivity contribution in [1.29, 1.82) is 0 Å². The minimum atomic E-state index is 0.675. The third-order valence-corrected chi connectivity index (χ3v) is 2.11. The SMILES string of the molecule is ClC=CCc1ncc2ccccc2n1. The zero-order chi connectivity index (χ0) is 9.80. The average Bonchev–Trinajstić information content (AvgIpc) is 2.26. The summed E-state index contributed by atoms with van der Waals surface area (Å²) in [4.78, 5) is 8.62. The maximum Gasteiger partial charge on any atom is 0.132 e. The van der Waals surface area contributed by atoms with Gasteiger partial charge in [-0.15, -0.1) is 0 Å². The van der Waals surface area contributed by atoms with E-state index >= 15 is 0 Å². The van der Waals surface area contributed by atoms with Crippen molar-refractivity contribution >= 4 is 22.5 Å². The molecule has 1 aromatic heterocycles. The average molecular weight is 205 g/mol. The molecular weight excluding hydrogens is 196 g/mol. The summed E-state index contributed by atoms with van der Waals surface area (Å²) >= 11 is 5.43. The molecule has 70 valence electrons. The molecule has 0 aliphatic carbocycles. The van der Waals surface area contributed by atoms with Gasteiger partial charge in [-0.3, -0.25) is 0 Å². The van der Waals surface area contributed by atoms with E-state index in [2.05, 4.69) is 9.97 Å². The molecule has 2 nitrogen and oxygen atoms in total. The normalized spacial score (nSPS) is 11.2. The second-order valence-corrected chi connectivity index (χ2v) is 3.16. The zero-order valence-corrected chi connectivity index (χ0v) is 8.28. The molecule has 2 rings (SSSR count). The van der Waals surface area contributed by atoms with Crippen molar-refractivity contribution in [3.8, 4) is 0 Å². The summed E-state index contributed by atoms with van der Waals surface area (Å²) in [7, 11) is 0. The third kappa shape index (κ3) is 1.91. The van der Waals surface area contributed by atoms with E-state index in [9.17, 15) is 0 Å². The zero-order valence-electron chi connectivity index (χ0n) is 7.52. The van der Waals surface area contributed by atoms with Crippen molar-refractivity contribution in [1.82, 2.24) is 9.97 Å². The largest absolute Gasteiger partial charge is 0.240 e. The van der Waals surface area contributed by atoms with E-state index in [1.807, 2.05) is 36.5 Å². The predicted molar refractivity (Wildman–Crippen MR) is 58.2 cm³/mol. The molecule has 0 atom stereocenters. The Morgan fingerprint density at radius 1 is 1.29 bits per heavy atom. The minimum absolute atomic E-state index is 0.675. The number of nitrogens with zero attached hydrogens (tertiary/aromatic N) is 2. The lowest BCUT2D eigenvalue weighted by atomic mass is 10.2. The minimum Gasteiger partial charge on any atom is -0.240 e. The topological polar surface area (TPSA) is 25.8 Å². The number of hydrogen-bond donors (Lipinski definition) is 0. The van der Waals surface area contributed by atoms with Crippen molar-refractivity contribution in [2.45, 2.75) is 6.42 Å². The molecule has 0 fully saturated rings. The molecule has 0 saturated heterocycles. The molecule has 0 radical (unpaired) electrons. The molecule has 3 heteroatoms. The lowest BCUT2D eigenvalue weighted by Crippen LogP contribution is -1.92. The van der Waals surface area contributed by atoms with Gasteiger partial charge in [-0.2, -0.15) is 0 Å². The quantitative estimate of drug-likeness (QED) is 0.752. The number of fused-ring (bicyclic) bond motifs is 1. The Kier molecular flexibility index (Phi) is 2.75. The van der Waals surface area contributed by atoms with E-state index in [4.69, 9.17) is 11.6 Å². The van der Waals surface area contributed by atoms with Gasteiger partial charge in [0.25, 0.3) is 0 Å². The Morgan fingerprint density at radius 3 is 3.00 bits per heavy atom. The second-order valence-electron chi connectivity index (χ2n) is 2.91. The highest BCUT2D eigenvalue weighted by molar-refractivity contribution is 6.25. The highest BCUT2D eigenvalue weighted by Crippen LogP contribution is 2.09. The summed E-state index contributed by atoms with van der Waals surface area (Å²) in [6, 6.07) is 7.92. The lowest BCUT2D eigenvalue weighted by Gasteiger charge is -1.98. The highest BCUT2D eigenvalue weighted by atomic mass is 35.5. The summed E-state index contributed by atoms with van der Waals surface area (Å²) < 4.78 is 0. The second kappa shape index (κ2) is 4.20. The fraction of sp³-hybridized carbons (Fsp3) is 0.0909. The molecule has 0 saturated carbocycles. The van der Waals surface area contributed by atoms with Crippen LogP contribution >= 0.6 is 11.6 Å². The van der Waals surface area contributed by atoms with E-state index in [0.29, 0.717) is 6.42 Å². The van der Waals surface area contributed by atoms with E-state index in [1.165, 1.54) is 5.54 Å². The van der Waals surface area contributed by atoms with Gasteiger partial charge in [0.1, 0.15) is 5.82 Å². The molecule has 0 aliphatic heterocycles. The number of allylic oxidation sites excluding steroid dienone is 1. The molecule has 0 unspecified atom stereocenters. The summed E-state index contributed by atoms with van der Waals surface area (Å²) in [5, 5.41) is 1.06. The maximum atomic E-state index is 5.43. The van der Waals surface area contributed by atoms with Crippen molar-refractivity contribution < 1.29 is 0 Å². The van der Waals surface area contributed by atoms with Crippen LogP contribution in [0.25, 0.3) is 10.9 Å². The van der Waals surface area contributed by atoms with Crippen LogP contribution in [0.5, 0.6) is 0 Å². The molecular formula is C11H9ClN2. The first-order valence-electron chi connectivity index (χ1n) is 4.36. The Balaban J connectivity index is 2.41. The fourth-order valence-electron chi connectivity index (χ4n) is 1.26. The molecule has 1 aromatic carbocycles. The van der Waals surface area contributed by atoms with Gasteiger partial charge in [-0.05, 0) is 6.07 Å². The Hall–Kier alpha value is -1.41. The maximum absolute atomic E-state index is 5.43. The summed E-state index contributed by atoms with van der Waals surface area (Å²) in [6.07, 6.45) is 4.33. The Morgan fingerprint density at radius 2 is 2.14 bits per heavy atom. The number of aromatic nitrogens is 2. The van der Waals surface area contributed by atoms with Crippen LogP contribution in [0, 0.1) is 0 Å². The van der Waals surface area contributed by atoms with E-state index in [0.717, 1.165) is 16.7 Å². The van der Waals surface area contributed by atoms with Crippen LogP contribution in [0.1, 0.15) is 5.82 Å². The van der Waals surface area contributed by atoms with Gasteiger partial charge in [-0.1, -0.05) is 35.9 Å². The Bertz CT molecular complexity index is 466. The van der Waals surface area contributed by atoms with Crippen LogP contribution in [0.2, 0.25) is 0 Å². The van der Waals surface area contributed by atoms with Crippen molar-refractivity contribution in [2.24, 2.45) is 0 Å². The first-order valence-corrected chi connectivity index (χ1v) is 4.79. The van der Waals surface area contributed by atoms with Crippen molar-refractivity contribution in [3.05, 3.63) is 47.9 Å². The standard InChI is InChI=1S/C11H9ClN2/c12-7-3-6-11-13-8-9-4-1-2-5-10(9)14-11/h1-5,7-8H,6H2. The van der Waals surface area contributed by atoms with Crippen LogP contribution in [0.3, 0.4) is 0 Å². The fourth-order valence-corrected chi connectivity index (χ4v) is 1.35. The van der Waals surface area contributed by atoms with Crippen LogP contribution < -0.4 is 0 Å². The lowest BCUT2D eigenvalue weighted by molar-refractivity contribution is 1.02. The molecule has 0 bridgehead atoms. The van der Waals surface area contributed by atoms with Crippen LogP contribution in [-0.4, -0.2) is 9.97 Å². The van der Waals surface area contributed by atoms with Crippen LogP contribution in [-0.2, 0) is 6.42 Å². The Labute approximate surface area is 87.3 Å². The highest BCUT2D eigenvalue weighted by Gasteiger charge is 1.96. The van der Waals surface area contributed by atoms with E-state index in [1.54, 1.807) is 0 Å². The van der Waals surface area contributed by atoms with Crippen molar-refractivity contribution in [2.75, 3.05) is 0 Å². The number of halogens is 1. The molecule has 0 amide bonds. The van der Waals surface area contributed by atoms with Gasteiger partial charge in [-0.25, -0.2) is 9.97 Å². The van der Waals surface area contributed by atoms with E-state index < -0.39 is 0 Å². The molecule has 0 aliphatic rings. The van der Waals surface area contributed by atoms with Gasteiger partial charge in [0.2, 0.25) is 0 Å². The summed E-state index contributed by atoms with van der Waals surface area (Å²) in [6.45, 7) is 0. The summed E-state index contributed by atoms with van der Waals surface area (Å²) in [5.41, 5.74) is 2.46. The van der Waals surface area contributed by atoms with Gasteiger partial charge in [0.15, 0.2) is 0 Å². The molecule has 1 heterocycles. The van der Waals surface area contributed by atoms with Crippen molar-refractivity contribution in [3.63, 3.8) is 0 Å². The molecule has 0 spiro atoms. The number of para-hydroxylation sites is 1. The molecule has 14 heavy (non-hydrogen) atoms. The first-order chi connectivity index (χ1) is 6.90. The van der Waals surface area contributed by atoms with Gasteiger partial charge >= 0.3 is 0 Å². The number of hydrogen-bond acceptors (Lipinski definition) is 2. The number of benzene rings is 1. The third-order valence-electron chi connectivity index (χ3n) is 1.93. The summed E-state index contributed by atoms with van der Waals surface area (Å²) in [5.74, 6) is 0.792. The van der Waals surface area contributed by atoms with Gasteiger partial charge in [0, 0.05) is 23.5 Å². The van der Waals surface area contributed by atoms with Gasteiger partial charge in [0.05, 0.1) is 5.52 Å². The smallest absolute Gasteiger partial charge is 0.132 e. The molecule has 0 N–H and O–H groups in total. The molecule has 2 aromatic rings. The monoisotopic (exact) mass is 204 g/mol. The first kappa shape index (κ1) is 9.16.